The minimum atomic E-state index is 0.309. The minimum Gasteiger partial charge on any atom is -0.328 e. The highest BCUT2D eigenvalue weighted by Crippen LogP contribution is 2.37. The Hall–Kier alpha value is 0.690. The van der Waals surface area contributed by atoms with Gasteiger partial charge in [-0.3, -0.25) is 0 Å². The number of hydrogen-bond acceptors (Lipinski definition) is 1. The van der Waals surface area contributed by atoms with Crippen molar-refractivity contribution in [1.29, 1.82) is 0 Å². The zero-order valence-electron chi connectivity index (χ0n) is 11.8. The lowest BCUT2D eigenvalue weighted by Gasteiger charge is -2.39. The molecular weight excluding hydrogens is 309 g/mol. The molecule has 0 aromatic rings. The second kappa shape index (κ2) is 7.91. The fourth-order valence-electron chi connectivity index (χ4n) is 2.97. The van der Waals surface area contributed by atoms with Gasteiger partial charge in [0.25, 0.3) is 0 Å². The Kier molecular flexibility index (Phi) is 8.25. The summed E-state index contributed by atoms with van der Waals surface area (Å²) in [5, 5.41) is 0. The lowest BCUT2D eigenvalue weighted by atomic mass is 9.68. The van der Waals surface area contributed by atoms with Crippen LogP contribution >= 0.6 is 22.6 Å². The van der Waals surface area contributed by atoms with Gasteiger partial charge in [0, 0.05) is 10.5 Å². The van der Waals surface area contributed by atoms with Crippen LogP contribution in [-0.2, 0) is 0 Å². The molecule has 2 heteroatoms. The minimum absolute atomic E-state index is 0.309. The molecule has 2 N–H and O–H groups in total. The molecule has 0 aromatic carbocycles. The van der Waals surface area contributed by atoms with Gasteiger partial charge in [-0.25, -0.2) is 0 Å². The summed E-state index contributed by atoms with van der Waals surface area (Å²) in [6.07, 6.45) is 1.28. The summed E-state index contributed by atoms with van der Waals surface area (Å²) in [7, 11) is 0. The van der Waals surface area contributed by atoms with Crippen LogP contribution in [0.3, 0.4) is 0 Å². The average molecular weight is 339 g/mol. The van der Waals surface area contributed by atoms with Gasteiger partial charge >= 0.3 is 0 Å². The van der Waals surface area contributed by atoms with Crippen molar-refractivity contribution in [3.63, 3.8) is 0 Å². The maximum Gasteiger partial charge on any atom is 0.00389 e. The Morgan fingerprint density at radius 2 is 1.56 bits per heavy atom. The first-order chi connectivity index (χ1) is 7.36. The van der Waals surface area contributed by atoms with Crippen molar-refractivity contribution in [3.8, 4) is 0 Å². The highest BCUT2D eigenvalue weighted by Gasteiger charge is 2.33. The van der Waals surface area contributed by atoms with E-state index in [2.05, 4.69) is 64.1 Å². The molecular formula is C14H30IN. The van der Waals surface area contributed by atoms with E-state index in [0.717, 1.165) is 23.7 Å². The van der Waals surface area contributed by atoms with Crippen LogP contribution in [0.25, 0.3) is 0 Å². The summed E-state index contributed by atoms with van der Waals surface area (Å²) in [6.45, 7) is 13.9. The van der Waals surface area contributed by atoms with Gasteiger partial charge in [0.15, 0.2) is 0 Å². The predicted octanol–water partition coefficient (Wildman–Crippen LogP) is 4.34. The topological polar surface area (TPSA) is 26.0 Å². The van der Waals surface area contributed by atoms with Crippen LogP contribution in [0.2, 0.25) is 0 Å². The van der Waals surface area contributed by atoms with Crippen LogP contribution in [-0.4, -0.2) is 10.5 Å². The Balaban J connectivity index is 4.90. The highest BCUT2D eigenvalue weighted by molar-refractivity contribution is 14.1. The maximum atomic E-state index is 6.12. The highest BCUT2D eigenvalue weighted by atomic mass is 127. The Labute approximate surface area is 116 Å². The van der Waals surface area contributed by atoms with E-state index in [0.29, 0.717) is 12.0 Å². The van der Waals surface area contributed by atoms with Crippen LogP contribution in [0.1, 0.15) is 48.0 Å². The molecule has 0 aliphatic carbocycles. The predicted molar refractivity (Wildman–Crippen MR) is 83.0 cm³/mol. The van der Waals surface area contributed by atoms with Crippen molar-refractivity contribution in [3.05, 3.63) is 0 Å². The van der Waals surface area contributed by atoms with Crippen molar-refractivity contribution >= 4 is 22.6 Å². The monoisotopic (exact) mass is 339 g/mol. The quantitative estimate of drug-likeness (QED) is 0.542. The van der Waals surface area contributed by atoms with E-state index in [1.54, 1.807) is 0 Å². The molecule has 98 valence electrons. The van der Waals surface area contributed by atoms with Gasteiger partial charge in [-0.15, -0.1) is 0 Å². The van der Waals surface area contributed by atoms with E-state index in [9.17, 15) is 0 Å². The van der Waals surface area contributed by atoms with E-state index in [1.807, 2.05) is 0 Å². The van der Waals surface area contributed by atoms with E-state index in [4.69, 9.17) is 5.73 Å². The van der Waals surface area contributed by atoms with Gasteiger partial charge in [0.05, 0.1) is 0 Å². The molecule has 0 saturated heterocycles. The zero-order valence-corrected chi connectivity index (χ0v) is 14.0. The van der Waals surface area contributed by atoms with Crippen LogP contribution in [0, 0.1) is 29.6 Å². The standard InChI is InChI=1S/C14H30IN/c1-7-13(9(2)3)14(10(4)8-15)11(5)12(6)16/h9-14H,7-8,16H2,1-6H3/t10-,11?,12?,13?,14?/m0/s1. The molecule has 1 nitrogen and oxygen atoms in total. The van der Waals surface area contributed by atoms with Crippen molar-refractivity contribution in [2.45, 2.75) is 54.0 Å². The summed E-state index contributed by atoms with van der Waals surface area (Å²) < 4.78 is 1.24. The summed E-state index contributed by atoms with van der Waals surface area (Å²) in [4.78, 5) is 0. The van der Waals surface area contributed by atoms with Gasteiger partial charge < -0.3 is 5.73 Å². The first kappa shape index (κ1) is 16.7. The van der Waals surface area contributed by atoms with Crippen molar-refractivity contribution in [2.75, 3.05) is 4.43 Å². The van der Waals surface area contributed by atoms with Gasteiger partial charge in [0.2, 0.25) is 0 Å². The fraction of sp³-hybridized carbons (Fsp3) is 1.00. The number of hydrogen-bond donors (Lipinski definition) is 1. The van der Waals surface area contributed by atoms with E-state index in [-0.39, 0.29) is 0 Å². The molecule has 16 heavy (non-hydrogen) atoms. The molecule has 0 aliphatic heterocycles. The van der Waals surface area contributed by atoms with Crippen molar-refractivity contribution in [2.24, 2.45) is 35.3 Å². The first-order valence-electron chi connectivity index (χ1n) is 6.68. The normalized spacial score (nSPS) is 21.6. The van der Waals surface area contributed by atoms with Crippen molar-refractivity contribution in [1.82, 2.24) is 0 Å². The molecule has 5 atom stereocenters. The summed E-state index contributed by atoms with van der Waals surface area (Å²) in [5.74, 6) is 3.74. The van der Waals surface area contributed by atoms with E-state index >= 15 is 0 Å². The molecule has 0 radical (unpaired) electrons. The number of halogens is 1. The van der Waals surface area contributed by atoms with Crippen LogP contribution in [0.5, 0.6) is 0 Å². The molecule has 0 fully saturated rings. The third-order valence-electron chi connectivity index (χ3n) is 4.16. The molecule has 0 aromatic heterocycles. The SMILES string of the molecule is CCC(C(C)C)C(C(C)C(C)N)[C@@H](C)CI. The lowest BCUT2D eigenvalue weighted by Crippen LogP contribution is -2.39. The zero-order chi connectivity index (χ0) is 12.9. The van der Waals surface area contributed by atoms with Crippen LogP contribution in [0.4, 0.5) is 0 Å². The second-order valence-corrected chi connectivity index (χ2v) is 6.62. The number of rotatable bonds is 7. The summed E-state index contributed by atoms with van der Waals surface area (Å²) >= 11 is 2.52. The molecule has 4 unspecified atom stereocenters. The Morgan fingerprint density at radius 1 is 1.06 bits per heavy atom. The fourth-order valence-corrected chi connectivity index (χ4v) is 3.56. The van der Waals surface area contributed by atoms with Crippen LogP contribution < -0.4 is 5.73 Å². The smallest absolute Gasteiger partial charge is 0.00389 e. The molecule has 0 amide bonds. The molecule has 0 bridgehead atoms. The molecule has 0 saturated carbocycles. The second-order valence-electron chi connectivity index (χ2n) is 5.74. The van der Waals surface area contributed by atoms with Crippen molar-refractivity contribution < 1.29 is 0 Å². The Bertz CT molecular complexity index is 180. The van der Waals surface area contributed by atoms with Gasteiger partial charge in [0.1, 0.15) is 0 Å². The van der Waals surface area contributed by atoms with E-state index < -0.39 is 0 Å². The van der Waals surface area contributed by atoms with Gasteiger partial charge in [-0.1, -0.05) is 63.6 Å². The molecule has 0 rings (SSSR count). The van der Waals surface area contributed by atoms with Gasteiger partial charge in [-0.2, -0.15) is 0 Å². The number of alkyl halides is 1. The summed E-state index contributed by atoms with van der Waals surface area (Å²) in [5.41, 5.74) is 6.12. The average Bonchev–Trinajstić information content (AvgIpc) is 2.22. The van der Waals surface area contributed by atoms with Gasteiger partial charge in [-0.05, 0) is 36.5 Å². The largest absolute Gasteiger partial charge is 0.328 e. The van der Waals surface area contributed by atoms with Crippen LogP contribution in [0.15, 0.2) is 0 Å². The lowest BCUT2D eigenvalue weighted by molar-refractivity contribution is 0.121. The first-order valence-corrected chi connectivity index (χ1v) is 8.20. The molecule has 0 spiro atoms. The molecule has 0 aliphatic rings. The summed E-state index contributed by atoms with van der Waals surface area (Å²) in [6, 6.07) is 0.309. The third kappa shape index (κ3) is 4.52. The molecule has 0 heterocycles. The van der Waals surface area contributed by atoms with E-state index in [1.165, 1.54) is 10.8 Å². The Morgan fingerprint density at radius 3 is 1.81 bits per heavy atom. The maximum absolute atomic E-state index is 6.12. The third-order valence-corrected chi connectivity index (χ3v) is 5.55. The number of nitrogens with two attached hydrogens (primary N) is 1.